The van der Waals surface area contributed by atoms with Gasteiger partial charge >= 0.3 is 5.97 Å². The molecule has 0 radical (unpaired) electrons. The van der Waals surface area contributed by atoms with Gasteiger partial charge in [-0.3, -0.25) is 9.59 Å². The van der Waals surface area contributed by atoms with Crippen LogP contribution in [-0.2, 0) is 16.1 Å². The highest BCUT2D eigenvalue weighted by Crippen LogP contribution is 2.19. The molecule has 0 aliphatic rings. The van der Waals surface area contributed by atoms with Crippen molar-refractivity contribution in [1.82, 2.24) is 4.57 Å². The van der Waals surface area contributed by atoms with E-state index >= 15 is 0 Å². The number of halogens is 1. The average molecular weight is 443 g/mol. The number of pyridine rings is 1. The molecule has 1 heterocycles. The van der Waals surface area contributed by atoms with E-state index < -0.39 is 5.97 Å². The van der Waals surface area contributed by atoms with Crippen LogP contribution in [0.15, 0.2) is 57.8 Å². The number of nitrogens with one attached hydrogen (secondary N) is 1. The van der Waals surface area contributed by atoms with Gasteiger partial charge in [0, 0.05) is 27.3 Å². The van der Waals surface area contributed by atoms with Crippen molar-refractivity contribution in [2.75, 3.05) is 11.9 Å². The smallest absolute Gasteiger partial charge is 0.338 e. The summed E-state index contributed by atoms with van der Waals surface area (Å²) >= 11 is 3.37. The molecule has 0 aliphatic heterocycles. The highest BCUT2D eigenvalue weighted by Gasteiger charge is 2.12. The molecule has 0 saturated heterocycles. The van der Waals surface area contributed by atoms with Crippen LogP contribution < -0.4 is 10.7 Å². The van der Waals surface area contributed by atoms with Crippen LogP contribution in [-0.4, -0.2) is 23.1 Å². The first kappa shape index (κ1) is 19.8. The molecular formula is C21H19BrN2O4. The number of hydrogen-bond donors (Lipinski definition) is 1. The number of rotatable bonds is 5. The van der Waals surface area contributed by atoms with Crippen LogP contribution in [0.1, 0.15) is 23.0 Å². The number of esters is 1. The third kappa shape index (κ3) is 4.31. The number of aromatic nitrogens is 1. The van der Waals surface area contributed by atoms with Gasteiger partial charge in [0.2, 0.25) is 5.91 Å². The van der Waals surface area contributed by atoms with Crippen molar-refractivity contribution >= 4 is 44.4 Å². The number of nitrogens with zero attached hydrogens (tertiary/aromatic N) is 1. The van der Waals surface area contributed by atoms with Crippen LogP contribution in [0.3, 0.4) is 0 Å². The SMILES string of the molecule is CCOC(=O)c1ccc(NC(=O)Cn2c(C)cc(=O)c3cc(Br)ccc32)cc1. The first-order valence-electron chi connectivity index (χ1n) is 8.76. The number of aryl methyl sites for hydroxylation is 1. The lowest BCUT2D eigenvalue weighted by Gasteiger charge is -2.15. The third-order valence-electron chi connectivity index (χ3n) is 4.26. The fourth-order valence-electron chi connectivity index (χ4n) is 2.93. The number of fused-ring (bicyclic) bond motifs is 1. The Labute approximate surface area is 170 Å². The molecule has 0 spiro atoms. The fraction of sp³-hybridized carbons (Fsp3) is 0.190. The summed E-state index contributed by atoms with van der Waals surface area (Å²) in [5, 5.41) is 3.35. The van der Waals surface area contributed by atoms with Crippen LogP contribution >= 0.6 is 15.9 Å². The van der Waals surface area contributed by atoms with Crippen molar-refractivity contribution in [3.05, 3.63) is 74.5 Å². The summed E-state index contributed by atoms with van der Waals surface area (Å²) in [6.07, 6.45) is 0. The Morgan fingerprint density at radius 2 is 1.82 bits per heavy atom. The highest BCUT2D eigenvalue weighted by atomic mass is 79.9. The molecule has 1 aromatic heterocycles. The first-order chi connectivity index (χ1) is 13.4. The second-order valence-corrected chi connectivity index (χ2v) is 7.16. The number of anilines is 1. The number of carbonyl (C=O) groups excluding carboxylic acids is 2. The lowest BCUT2D eigenvalue weighted by atomic mass is 10.1. The Kier molecular flexibility index (Phi) is 5.94. The standard InChI is InChI=1S/C21H19BrN2O4/c1-3-28-21(27)14-4-7-16(8-5-14)23-20(26)12-24-13(2)10-19(25)17-11-15(22)6-9-18(17)24/h4-11H,3,12H2,1-2H3,(H,23,26). The van der Waals surface area contributed by atoms with Crippen molar-refractivity contribution in [2.24, 2.45) is 0 Å². The van der Waals surface area contributed by atoms with Gasteiger partial charge in [-0.1, -0.05) is 15.9 Å². The lowest BCUT2D eigenvalue weighted by Crippen LogP contribution is -2.22. The molecule has 1 amide bonds. The van der Waals surface area contributed by atoms with E-state index in [0.717, 1.165) is 4.47 Å². The largest absolute Gasteiger partial charge is 0.462 e. The zero-order valence-electron chi connectivity index (χ0n) is 15.5. The van der Waals surface area contributed by atoms with E-state index in [-0.39, 0.29) is 17.9 Å². The zero-order chi connectivity index (χ0) is 20.3. The van der Waals surface area contributed by atoms with E-state index in [9.17, 15) is 14.4 Å². The van der Waals surface area contributed by atoms with Gasteiger partial charge < -0.3 is 14.6 Å². The summed E-state index contributed by atoms with van der Waals surface area (Å²) in [4.78, 5) is 36.5. The molecule has 2 aromatic carbocycles. The van der Waals surface area contributed by atoms with E-state index in [1.54, 1.807) is 48.7 Å². The normalized spacial score (nSPS) is 10.7. The van der Waals surface area contributed by atoms with E-state index in [4.69, 9.17) is 4.74 Å². The molecule has 0 atom stereocenters. The van der Waals surface area contributed by atoms with Crippen LogP contribution in [0.25, 0.3) is 10.9 Å². The molecule has 3 rings (SSSR count). The van der Waals surface area contributed by atoms with Crippen LogP contribution in [0, 0.1) is 6.92 Å². The summed E-state index contributed by atoms with van der Waals surface area (Å²) in [5.41, 5.74) is 2.31. The monoisotopic (exact) mass is 442 g/mol. The highest BCUT2D eigenvalue weighted by molar-refractivity contribution is 9.10. The molecule has 6 nitrogen and oxygen atoms in total. The van der Waals surface area contributed by atoms with Crippen molar-refractivity contribution in [3.63, 3.8) is 0 Å². The van der Waals surface area contributed by atoms with Crippen LogP contribution in [0.5, 0.6) is 0 Å². The van der Waals surface area contributed by atoms with E-state index in [1.807, 2.05) is 12.1 Å². The molecule has 3 aromatic rings. The topological polar surface area (TPSA) is 77.4 Å². The number of ether oxygens (including phenoxy) is 1. The predicted octanol–water partition coefficient (Wildman–Crippen LogP) is 3.89. The van der Waals surface area contributed by atoms with Crippen molar-refractivity contribution in [1.29, 1.82) is 0 Å². The quantitative estimate of drug-likeness (QED) is 0.608. The molecule has 0 unspecified atom stereocenters. The summed E-state index contributed by atoms with van der Waals surface area (Å²) in [7, 11) is 0. The van der Waals surface area contributed by atoms with Gasteiger partial charge in [0.1, 0.15) is 6.54 Å². The van der Waals surface area contributed by atoms with Gasteiger partial charge in [0.25, 0.3) is 0 Å². The maximum absolute atomic E-state index is 12.5. The minimum atomic E-state index is -0.401. The minimum absolute atomic E-state index is 0.0594. The van der Waals surface area contributed by atoms with E-state index in [0.29, 0.717) is 34.5 Å². The molecule has 1 N–H and O–H groups in total. The maximum Gasteiger partial charge on any atom is 0.338 e. The van der Waals surface area contributed by atoms with Gasteiger partial charge in [0.05, 0.1) is 17.7 Å². The van der Waals surface area contributed by atoms with Crippen molar-refractivity contribution in [2.45, 2.75) is 20.4 Å². The van der Waals surface area contributed by atoms with E-state index in [2.05, 4.69) is 21.2 Å². The number of carbonyl (C=O) groups is 2. The summed E-state index contributed by atoms with van der Waals surface area (Å²) in [6.45, 7) is 3.91. The summed E-state index contributed by atoms with van der Waals surface area (Å²) in [5.74, 6) is -0.637. The molecule has 7 heteroatoms. The Morgan fingerprint density at radius 3 is 2.50 bits per heavy atom. The van der Waals surface area contributed by atoms with Gasteiger partial charge in [-0.15, -0.1) is 0 Å². The molecule has 0 aliphatic carbocycles. The second-order valence-electron chi connectivity index (χ2n) is 6.24. The van der Waals surface area contributed by atoms with Gasteiger partial charge in [-0.2, -0.15) is 0 Å². The lowest BCUT2D eigenvalue weighted by molar-refractivity contribution is -0.116. The molecule has 28 heavy (non-hydrogen) atoms. The zero-order valence-corrected chi connectivity index (χ0v) is 17.1. The molecular weight excluding hydrogens is 424 g/mol. The Bertz CT molecular complexity index is 1100. The predicted molar refractivity (Wildman–Crippen MR) is 112 cm³/mol. The summed E-state index contributed by atoms with van der Waals surface area (Å²) in [6, 6.07) is 13.4. The molecule has 144 valence electrons. The van der Waals surface area contributed by atoms with Crippen molar-refractivity contribution < 1.29 is 14.3 Å². The molecule has 0 bridgehead atoms. The number of amides is 1. The molecule has 0 saturated carbocycles. The number of benzene rings is 2. The number of hydrogen-bond acceptors (Lipinski definition) is 4. The van der Waals surface area contributed by atoms with Gasteiger partial charge in [-0.05, 0) is 56.3 Å². The Balaban J connectivity index is 1.80. The maximum atomic E-state index is 12.5. The van der Waals surface area contributed by atoms with Gasteiger partial charge in [0.15, 0.2) is 5.43 Å². The van der Waals surface area contributed by atoms with E-state index in [1.165, 1.54) is 6.07 Å². The Morgan fingerprint density at radius 1 is 1.11 bits per heavy atom. The van der Waals surface area contributed by atoms with Crippen LogP contribution in [0.4, 0.5) is 5.69 Å². The second kappa shape index (κ2) is 8.39. The summed E-state index contributed by atoms with van der Waals surface area (Å²) < 4.78 is 7.54. The fourth-order valence-corrected chi connectivity index (χ4v) is 3.30. The minimum Gasteiger partial charge on any atom is -0.462 e. The molecule has 0 fully saturated rings. The first-order valence-corrected chi connectivity index (χ1v) is 9.55. The van der Waals surface area contributed by atoms with Crippen LogP contribution in [0.2, 0.25) is 0 Å². The van der Waals surface area contributed by atoms with Crippen molar-refractivity contribution in [3.8, 4) is 0 Å². The third-order valence-corrected chi connectivity index (χ3v) is 4.76. The Hall–Kier alpha value is -2.93. The van der Waals surface area contributed by atoms with Gasteiger partial charge in [-0.25, -0.2) is 4.79 Å². The average Bonchev–Trinajstić information content (AvgIpc) is 2.66.